The number of hydrogen-bond acceptors (Lipinski definition) is 3. The third kappa shape index (κ3) is 5.12. The van der Waals surface area contributed by atoms with Crippen molar-refractivity contribution in [1.82, 2.24) is 9.80 Å². The van der Waals surface area contributed by atoms with Gasteiger partial charge in [0.1, 0.15) is 0 Å². The number of piperidine rings is 1. The Morgan fingerprint density at radius 3 is 2.30 bits per heavy atom. The van der Waals surface area contributed by atoms with Gasteiger partial charge in [-0.25, -0.2) is 0 Å². The maximum atomic E-state index is 12.3. The Labute approximate surface area is 121 Å². The summed E-state index contributed by atoms with van der Waals surface area (Å²) in [7, 11) is 0. The van der Waals surface area contributed by atoms with Crippen LogP contribution in [0.25, 0.3) is 0 Å². The SMILES string of the molecule is CCCN(CCC)C(=O)CN1CC(C)CC(C(=O)O)C1. The number of carboxylic acids is 1. The normalized spacial score (nSPS) is 23.6. The van der Waals surface area contributed by atoms with Crippen LogP contribution in [0.3, 0.4) is 0 Å². The van der Waals surface area contributed by atoms with E-state index in [1.807, 2.05) is 9.80 Å². The highest BCUT2D eigenvalue weighted by Crippen LogP contribution is 2.21. The number of aliphatic carboxylic acids is 1. The summed E-state index contributed by atoms with van der Waals surface area (Å²) < 4.78 is 0. The van der Waals surface area contributed by atoms with Gasteiger partial charge in [0.15, 0.2) is 0 Å². The third-order valence-electron chi connectivity index (χ3n) is 3.78. The lowest BCUT2D eigenvalue weighted by Crippen LogP contribution is -2.48. The molecule has 1 fully saturated rings. The Hall–Kier alpha value is -1.10. The summed E-state index contributed by atoms with van der Waals surface area (Å²) in [5.41, 5.74) is 0. The van der Waals surface area contributed by atoms with Crippen LogP contribution in [0.5, 0.6) is 0 Å². The summed E-state index contributed by atoms with van der Waals surface area (Å²) in [6.45, 7) is 9.45. The summed E-state index contributed by atoms with van der Waals surface area (Å²) in [6.07, 6.45) is 2.63. The molecule has 1 rings (SSSR count). The maximum Gasteiger partial charge on any atom is 0.307 e. The quantitative estimate of drug-likeness (QED) is 0.772. The zero-order valence-corrected chi connectivity index (χ0v) is 13.0. The lowest BCUT2D eigenvalue weighted by Gasteiger charge is -2.35. The molecule has 5 heteroatoms. The van der Waals surface area contributed by atoms with Crippen LogP contribution in [-0.2, 0) is 9.59 Å². The van der Waals surface area contributed by atoms with E-state index in [0.717, 1.165) is 32.5 Å². The van der Waals surface area contributed by atoms with Crippen LogP contribution < -0.4 is 0 Å². The number of nitrogens with zero attached hydrogens (tertiary/aromatic N) is 2. The molecule has 1 aliphatic rings. The van der Waals surface area contributed by atoms with Gasteiger partial charge >= 0.3 is 5.97 Å². The number of carbonyl (C=O) groups is 2. The van der Waals surface area contributed by atoms with Gasteiger partial charge in [-0.1, -0.05) is 20.8 Å². The third-order valence-corrected chi connectivity index (χ3v) is 3.78. The number of rotatable bonds is 7. The molecule has 116 valence electrons. The van der Waals surface area contributed by atoms with Crippen LogP contribution in [0.1, 0.15) is 40.0 Å². The van der Waals surface area contributed by atoms with Crippen molar-refractivity contribution >= 4 is 11.9 Å². The van der Waals surface area contributed by atoms with Gasteiger partial charge in [-0.2, -0.15) is 0 Å². The molecule has 1 N–H and O–H groups in total. The minimum absolute atomic E-state index is 0.131. The lowest BCUT2D eigenvalue weighted by atomic mass is 9.90. The predicted molar refractivity (Wildman–Crippen MR) is 78.5 cm³/mol. The topological polar surface area (TPSA) is 60.9 Å². The molecule has 0 aromatic carbocycles. The first-order chi connectivity index (χ1) is 9.47. The molecule has 1 amide bonds. The maximum absolute atomic E-state index is 12.3. The fourth-order valence-electron chi connectivity index (χ4n) is 2.96. The Kier molecular flexibility index (Phi) is 6.99. The van der Waals surface area contributed by atoms with Crippen molar-refractivity contribution in [2.45, 2.75) is 40.0 Å². The highest BCUT2D eigenvalue weighted by Gasteiger charge is 2.30. The standard InChI is InChI=1S/C15H28N2O3/c1-4-6-17(7-5-2)14(18)11-16-9-12(3)8-13(10-16)15(19)20/h12-13H,4-11H2,1-3H3,(H,19,20). The summed E-state index contributed by atoms with van der Waals surface area (Å²) in [4.78, 5) is 27.4. The second kappa shape index (κ2) is 8.25. The molecule has 0 aliphatic carbocycles. The Balaban J connectivity index is 2.56. The highest BCUT2D eigenvalue weighted by atomic mass is 16.4. The van der Waals surface area contributed by atoms with Crippen LogP contribution in [0, 0.1) is 11.8 Å². The van der Waals surface area contributed by atoms with Gasteiger partial charge in [0.05, 0.1) is 12.5 Å². The van der Waals surface area contributed by atoms with Crippen LogP contribution in [0.15, 0.2) is 0 Å². The second-order valence-corrected chi connectivity index (χ2v) is 5.95. The van der Waals surface area contributed by atoms with Crippen molar-refractivity contribution in [2.24, 2.45) is 11.8 Å². The van der Waals surface area contributed by atoms with Crippen molar-refractivity contribution in [1.29, 1.82) is 0 Å². The van der Waals surface area contributed by atoms with Crippen LogP contribution >= 0.6 is 0 Å². The molecule has 20 heavy (non-hydrogen) atoms. The monoisotopic (exact) mass is 284 g/mol. The minimum Gasteiger partial charge on any atom is -0.481 e. The lowest BCUT2D eigenvalue weighted by molar-refractivity contribution is -0.145. The van der Waals surface area contributed by atoms with E-state index in [0.29, 0.717) is 25.4 Å². The van der Waals surface area contributed by atoms with Crippen molar-refractivity contribution in [3.63, 3.8) is 0 Å². The van der Waals surface area contributed by atoms with Crippen molar-refractivity contribution in [3.05, 3.63) is 0 Å². The smallest absolute Gasteiger partial charge is 0.307 e. The Bertz CT molecular complexity index is 327. The zero-order valence-electron chi connectivity index (χ0n) is 13.0. The van der Waals surface area contributed by atoms with Gasteiger partial charge in [-0.3, -0.25) is 14.5 Å². The fourth-order valence-corrected chi connectivity index (χ4v) is 2.96. The molecule has 0 aromatic heterocycles. The molecular weight excluding hydrogens is 256 g/mol. The molecule has 0 radical (unpaired) electrons. The molecule has 1 saturated heterocycles. The van der Waals surface area contributed by atoms with E-state index in [1.165, 1.54) is 0 Å². The van der Waals surface area contributed by atoms with Crippen molar-refractivity contribution < 1.29 is 14.7 Å². The minimum atomic E-state index is -0.743. The van der Waals surface area contributed by atoms with E-state index in [4.69, 9.17) is 5.11 Å². The van der Waals surface area contributed by atoms with Crippen LogP contribution in [-0.4, -0.2) is 59.5 Å². The van der Waals surface area contributed by atoms with Gasteiger partial charge in [0.25, 0.3) is 0 Å². The second-order valence-electron chi connectivity index (χ2n) is 5.95. The molecule has 0 aromatic rings. The summed E-state index contributed by atoms with van der Waals surface area (Å²) in [6, 6.07) is 0. The first-order valence-corrected chi connectivity index (χ1v) is 7.70. The van der Waals surface area contributed by atoms with E-state index in [2.05, 4.69) is 20.8 Å². The van der Waals surface area contributed by atoms with Gasteiger partial charge in [-0.05, 0) is 25.2 Å². The summed E-state index contributed by atoms with van der Waals surface area (Å²) in [5.74, 6) is -0.610. The van der Waals surface area contributed by atoms with E-state index in [-0.39, 0.29) is 11.8 Å². The average Bonchev–Trinajstić information content (AvgIpc) is 2.37. The van der Waals surface area contributed by atoms with Gasteiger partial charge in [0.2, 0.25) is 5.91 Å². The first kappa shape index (κ1) is 17.0. The van der Waals surface area contributed by atoms with Gasteiger partial charge in [-0.15, -0.1) is 0 Å². The molecule has 1 heterocycles. The van der Waals surface area contributed by atoms with Crippen molar-refractivity contribution in [3.8, 4) is 0 Å². The van der Waals surface area contributed by atoms with Gasteiger partial charge in [0, 0.05) is 26.2 Å². The molecular formula is C15H28N2O3. The van der Waals surface area contributed by atoms with E-state index >= 15 is 0 Å². The molecule has 0 saturated carbocycles. The number of amides is 1. The average molecular weight is 284 g/mol. The zero-order chi connectivity index (χ0) is 15.1. The number of hydrogen-bond donors (Lipinski definition) is 1. The molecule has 0 bridgehead atoms. The highest BCUT2D eigenvalue weighted by molar-refractivity contribution is 5.78. The Morgan fingerprint density at radius 1 is 1.20 bits per heavy atom. The van der Waals surface area contributed by atoms with Crippen LogP contribution in [0.4, 0.5) is 0 Å². The molecule has 5 nitrogen and oxygen atoms in total. The van der Waals surface area contributed by atoms with E-state index in [9.17, 15) is 9.59 Å². The van der Waals surface area contributed by atoms with Crippen molar-refractivity contribution in [2.75, 3.05) is 32.7 Å². The van der Waals surface area contributed by atoms with Gasteiger partial charge < -0.3 is 10.0 Å². The Morgan fingerprint density at radius 2 is 1.80 bits per heavy atom. The predicted octanol–water partition coefficient (Wildman–Crippen LogP) is 1.68. The van der Waals surface area contributed by atoms with E-state index in [1.54, 1.807) is 0 Å². The van der Waals surface area contributed by atoms with Crippen LogP contribution in [0.2, 0.25) is 0 Å². The summed E-state index contributed by atoms with van der Waals surface area (Å²) >= 11 is 0. The largest absolute Gasteiger partial charge is 0.481 e. The summed E-state index contributed by atoms with van der Waals surface area (Å²) in [5, 5.41) is 9.16. The molecule has 1 aliphatic heterocycles. The van der Waals surface area contributed by atoms with E-state index < -0.39 is 5.97 Å². The number of carbonyl (C=O) groups excluding carboxylic acids is 1. The number of carboxylic acid groups (broad SMARTS) is 1. The molecule has 2 unspecified atom stereocenters. The number of likely N-dealkylation sites (tertiary alicyclic amines) is 1. The molecule has 0 spiro atoms. The fraction of sp³-hybridized carbons (Fsp3) is 0.867. The molecule has 2 atom stereocenters. The first-order valence-electron chi connectivity index (χ1n) is 7.70.